The molecule has 3 aliphatic carbocycles. The molecule has 0 spiro atoms. The largest absolute Gasteiger partial charge is 0.484 e. The van der Waals surface area contributed by atoms with E-state index >= 15 is 0 Å². The number of ether oxygens (including phenoxy) is 2. The maximum Gasteiger partial charge on any atom is 0.408 e. The molecule has 3 heterocycles. The van der Waals surface area contributed by atoms with Crippen LogP contribution < -0.4 is 20.1 Å². The van der Waals surface area contributed by atoms with E-state index in [1.807, 2.05) is 18.2 Å². The predicted molar refractivity (Wildman–Crippen MR) is 203 cm³/mol. The Hall–Kier alpha value is -5.25. The molecule has 3 N–H and O–H groups in total. The number of carbonyl (C=O) groups is 4. The molecule has 1 unspecified atom stereocenters. The summed E-state index contributed by atoms with van der Waals surface area (Å²) in [7, 11) is -3.94. The fourth-order valence-corrected chi connectivity index (χ4v) is 9.38. The number of nitrogens with zero attached hydrogens (tertiary/aromatic N) is 2. The van der Waals surface area contributed by atoms with Crippen LogP contribution in [-0.2, 0) is 29.1 Å². The van der Waals surface area contributed by atoms with Crippen molar-refractivity contribution in [2.45, 2.75) is 100 Å². The van der Waals surface area contributed by atoms with Crippen molar-refractivity contribution in [2.75, 3.05) is 6.54 Å². The number of hydrogen-bond acceptors (Lipinski definition) is 10. The topological polar surface area (TPSA) is 186 Å². The van der Waals surface area contributed by atoms with E-state index in [4.69, 9.17) is 18.9 Å². The van der Waals surface area contributed by atoms with Gasteiger partial charge in [-0.05, 0) is 81.2 Å². The normalized spacial score (nSPS) is 24.4. The molecule has 16 heteroatoms. The number of rotatable bonds is 12. The highest BCUT2D eigenvalue weighted by molar-refractivity contribution is 7.91. The van der Waals surface area contributed by atoms with Crippen LogP contribution in [0.25, 0.3) is 33.0 Å². The summed E-state index contributed by atoms with van der Waals surface area (Å²) < 4.78 is 60.9. The van der Waals surface area contributed by atoms with Gasteiger partial charge in [0.25, 0.3) is 5.91 Å². The smallest absolute Gasteiger partial charge is 0.408 e. The Labute approximate surface area is 322 Å². The summed E-state index contributed by atoms with van der Waals surface area (Å²) in [6.45, 7) is 7.14. The highest BCUT2D eigenvalue weighted by Gasteiger charge is 2.62. The maximum absolute atomic E-state index is 14.8. The Morgan fingerprint density at radius 1 is 1.05 bits per heavy atom. The third-order valence-corrected chi connectivity index (χ3v) is 13.2. The molecule has 296 valence electrons. The average Bonchev–Trinajstić information content (AvgIpc) is 3.99. The van der Waals surface area contributed by atoms with Crippen LogP contribution in [0.2, 0.25) is 0 Å². The second-order valence-corrected chi connectivity index (χ2v) is 17.7. The fourth-order valence-electron chi connectivity index (χ4n) is 8.02. The third-order valence-electron chi connectivity index (χ3n) is 11.4. The van der Waals surface area contributed by atoms with Gasteiger partial charge in [-0.25, -0.2) is 22.6 Å². The lowest BCUT2D eigenvalue weighted by Gasteiger charge is -2.31. The Morgan fingerprint density at radius 2 is 1.80 bits per heavy atom. The van der Waals surface area contributed by atoms with Crippen LogP contribution in [0.5, 0.6) is 5.75 Å². The minimum atomic E-state index is -3.94. The van der Waals surface area contributed by atoms with E-state index in [2.05, 4.69) is 21.9 Å². The van der Waals surface area contributed by atoms with Crippen LogP contribution in [0, 0.1) is 17.7 Å². The van der Waals surface area contributed by atoms with Crippen molar-refractivity contribution >= 4 is 66.8 Å². The molecule has 4 aromatic rings. The first-order valence-corrected chi connectivity index (χ1v) is 20.7. The summed E-state index contributed by atoms with van der Waals surface area (Å²) in [5, 5.41) is 5.85. The lowest BCUT2D eigenvalue weighted by atomic mass is 10.0. The summed E-state index contributed by atoms with van der Waals surface area (Å²) >= 11 is 0. The Morgan fingerprint density at radius 3 is 2.50 bits per heavy atom. The molecule has 1 saturated heterocycles. The molecule has 8 rings (SSSR count). The average molecular weight is 790 g/mol. The van der Waals surface area contributed by atoms with Crippen molar-refractivity contribution in [3.63, 3.8) is 0 Å². The number of aromatic nitrogens is 1. The highest BCUT2D eigenvalue weighted by Crippen LogP contribution is 2.46. The first-order valence-electron chi connectivity index (χ1n) is 19.1. The maximum atomic E-state index is 14.8. The molecule has 2 aromatic carbocycles. The van der Waals surface area contributed by atoms with Gasteiger partial charge in [0, 0.05) is 23.1 Å². The second kappa shape index (κ2) is 14.4. The zero-order valence-electron chi connectivity index (χ0n) is 31.1. The number of alkyl carbamates (subject to hydrolysis) is 1. The summed E-state index contributed by atoms with van der Waals surface area (Å²) in [6, 6.07) is 9.04. The second-order valence-electron chi connectivity index (χ2n) is 15.7. The summed E-state index contributed by atoms with van der Waals surface area (Å²) in [4.78, 5) is 61.6. The fraction of sp³-hybridized carbons (Fsp3) is 0.475. The predicted octanol–water partition coefficient (Wildman–Crippen LogP) is 4.98. The number of nitrogens with one attached hydrogen (secondary N) is 3. The molecule has 1 aliphatic heterocycles. The lowest BCUT2D eigenvalue weighted by Crippen LogP contribution is -2.59. The molecule has 0 bridgehead atoms. The quantitative estimate of drug-likeness (QED) is 0.165. The van der Waals surface area contributed by atoms with Gasteiger partial charge in [0.05, 0.1) is 17.3 Å². The number of pyridine rings is 1. The van der Waals surface area contributed by atoms with Crippen molar-refractivity contribution in [3.05, 3.63) is 60.9 Å². The number of carbonyl (C=O) groups excluding carboxylic acids is 4. The number of fused-ring (bicyclic) bond motifs is 4. The van der Waals surface area contributed by atoms with Crippen molar-refractivity contribution in [1.82, 2.24) is 25.2 Å². The molecular weight excluding hydrogens is 746 g/mol. The number of furan rings is 1. The molecule has 14 nitrogen and oxygen atoms in total. The minimum absolute atomic E-state index is 0.0768. The molecule has 4 fully saturated rings. The van der Waals surface area contributed by atoms with Gasteiger partial charge in [0.2, 0.25) is 21.8 Å². The van der Waals surface area contributed by atoms with Crippen molar-refractivity contribution in [2.24, 2.45) is 11.8 Å². The van der Waals surface area contributed by atoms with Gasteiger partial charge in [-0.1, -0.05) is 32.1 Å². The van der Waals surface area contributed by atoms with Gasteiger partial charge < -0.3 is 29.4 Å². The van der Waals surface area contributed by atoms with Gasteiger partial charge in [-0.15, -0.1) is 6.58 Å². The third kappa shape index (κ3) is 7.03. The molecule has 0 radical (unpaired) electrons. The molecule has 2 aromatic heterocycles. The molecule has 4 amide bonds. The van der Waals surface area contributed by atoms with Gasteiger partial charge in [0.15, 0.2) is 11.3 Å². The Kier molecular flexibility index (Phi) is 9.66. The van der Waals surface area contributed by atoms with E-state index in [1.165, 1.54) is 29.2 Å². The van der Waals surface area contributed by atoms with Crippen molar-refractivity contribution < 1.29 is 45.9 Å². The minimum Gasteiger partial charge on any atom is -0.484 e. The van der Waals surface area contributed by atoms with Crippen LogP contribution in [0.4, 0.5) is 9.18 Å². The molecule has 4 aliphatic rings. The van der Waals surface area contributed by atoms with Crippen molar-refractivity contribution in [1.29, 1.82) is 0 Å². The zero-order valence-corrected chi connectivity index (χ0v) is 31.9. The van der Waals surface area contributed by atoms with Crippen LogP contribution in [0.1, 0.15) is 65.2 Å². The number of amides is 4. The van der Waals surface area contributed by atoms with E-state index in [1.54, 1.807) is 19.9 Å². The van der Waals surface area contributed by atoms with E-state index in [0.29, 0.717) is 40.2 Å². The molecule has 56 heavy (non-hydrogen) atoms. The summed E-state index contributed by atoms with van der Waals surface area (Å²) in [5.74, 6) is -3.53. The summed E-state index contributed by atoms with van der Waals surface area (Å²) in [5.41, 5.74) is 0.0988. The Bertz CT molecular complexity index is 2370. The number of hydrogen-bond donors (Lipinski definition) is 3. The molecule has 3 saturated carbocycles. The van der Waals surface area contributed by atoms with E-state index in [-0.39, 0.29) is 36.8 Å². The Balaban J connectivity index is 1.12. The van der Waals surface area contributed by atoms with Crippen molar-refractivity contribution in [3.8, 4) is 5.75 Å². The van der Waals surface area contributed by atoms with Crippen LogP contribution in [-0.4, -0.2) is 83.7 Å². The monoisotopic (exact) mass is 789 g/mol. The number of para-hydroxylation sites is 1. The first-order chi connectivity index (χ1) is 26.8. The van der Waals surface area contributed by atoms with Crippen LogP contribution >= 0.6 is 0 Å². The molecule has 5 atom stereocenters. The van der Waals surface area contributed by atoms with Gasteiger partial charge in [-0.3, -0.25) is 19.1 Å². The van der Waals surface area contributed by atoms with Gasteiger partial charge in [0.1, 0.15) is 46.7 Å². The summed E-state index contributed by atoms with van der Waals surface area (Å²) in [6.07, 6.45) is 3.87. The van der Waals surface area contributed by atoms with E-state index < -0.39 is 80.5 Å². The standard InChI is InChI=1S/C40H44FN5O9S/c1-4-22-19-40(22,38(49)45-56(51,52)26-14-15-26)44-36(47)30-18-25(20-46(30)37(48)32(21(2)3)43-39(50)54-24-9-5-6-10-24)53-34-28-17-23(41)13-16-29(28)42-33-27-11-7-8-12-31(27)55-35(33)34/h4,7-8,11-13,16-17,21-22,24-26,30,32H,1,5-6,9-10,14-15,18-20H2,2-3H3,(H,43,50)(H,44,47)(H,45,49)/t22-,25+,30+,32+,40?/m1/s1. The number of halogens is 1. The number of benzene rings is 2. The molecular formula is C40H44FN5O9S. The van der Waals surface area contributed by atoms with E-state index in [9.17, 15) is 32.0 Å². The number of sulfonamides is 1. The first kappa shape index (κ1) is 37.7. The van der Waals surface area contributed by atoms with Gasteiger partial charge >= 0.3 is 6.09 Å². The lowest BCUT2D eigenvalue weighted by molar-refractivity contribution is -0.141. The van der Waals surface area contributed by atoms with E-state index in [0.717, 1.165) is 25.7 Å². The van der Waals surface area contributed by atoms with Gasteiger partial charge in [-0.2, -0.15) is 0 Å². The van der Waals surface area contributed by atoms with Crippen LogP contribution in [0.15, 0.2) is 59.5 Å². The number of likely N-dealkylation sites (tertiary alicyclic amines) is 1. The van der Waals surface area contributed by atoms with Crippen LogP contribution in [0.3, 0.4) is 0 Å². The zero-order chi connectivity index (χ0) is 39.5. The SMILES string of the molecule is C=C[C@@H]1CC1(NC(=O)[C@@H]1C[C@H](Oc2c3cc(F)ccc3nc3c2oc2ccccc23)CN1C(=O)[C@@H](NC(=O)OC1CCCC1)C(C)C)C(=O)NS(=O)(=O)C1CC1. The highest BCUT2D eigenvalue weighted by atomic mass is 32.2.